The van der Waals surface area contributed by atoms with E-state index >= 15 is 0 Å². The van der Waals surface area contributed by atoms with Crippen molar-refractivity contribution in [2.75, 3.05) is 11.6 Å². The van der Waals surface area contributed by atoms with E-state index < -0.39 is 9.84 Å². The number of hydrogen-bond acceptors (Lipinski definition) is 5. The molecule has 0 saturated heterocycles. The van der Waals surface area contributed by atoms with Crippen LogP contribution in [0.25, 0.3) is 11.1 Å². The van der Waals surface area contributed by atoms with Gasteiger partial charge in [0.2, 0.25) is 0 Å². The van der Waals surface area contributed by atoms with Gasteiger partial charge in [0, 0.05) is 49.4 Å². The third-order valence-electron chi connectivity index (χ3n) is 6.55. The number of nitrogens with zero attached hydrogens (tertiary/aromatic N) is 3. The lowest BCUT2D eigenvalue weighted by Crippen LogP contribution is -2.31. The first-order chi connectivity index (χ1) is 16.1. The van der Waals surface area contributed by atoms with Gasteiger partial charge in [0.05, 0.1) is 11.1 Å². The molecule has 1 aliphatic carbocycles. The Morgan fingerprint density at radius 3 is 2.29 bits per heavy atom. The van der Waals surface area contributed by atoms with Crippen molar-refractivity contribution in [3.05, 3.63) is 64.8 Å². The van der Waals surface area contributed by atoms with Crippen LogP contribution in [0.5, 0.6) is 0 Å². The Morgan fingerprint density at radius 2 is 1.74 bits per heavy atom. The Kier molecular flexibility index (Phi) is 6.98. The minimum Gasteiger partial charge on any atom is -0.378 e. The van der Waals surface area contributed by atoms with E-state index in [1.807, 2.05) is 48.4 Å². The summed E-state index contributed by atoms with van der Waals surface area (Å²) in [6.45, 7) is 4.89. The van der Waals surface area contributed by atoms with Gasteiger partial charge in [0.1, 0.15) is 5.69 Å². The number of pyridine rings is 1. The molecule has 4 rings (SSSR count). The summed E-state index contributed by atoms with van der Waals surface area (Å²) >= 11 is 0. The average Bonchev–Trinajstić information content (AvgIpc) is 3.22. The molecular formula is C26H34N4O3S. The third kappa shape index (κ3) is 5.60. The number of rotatable bonds is 7. The molecule has 1 saturated carbocycles. The molecule has 1 aromatic carbocycles. The van der Waals surface area contributed by atoms with Crippen LogP contribution < -0.4 is 10.9 Å². The fourth-order valence-electron chi connectivity index (χ4n) is 4.77. The molecular weight excluding hydrogens is 448 g/mol. The summed E-state index contributed by atoms with van der Waals surface area (Å²) in [6.07, 6.45) is 10.9. The zero-order chi connectivity index (χ0) is 24.5. The van der Waals surface area contributed by atoms with Crippen LogP contribution in [0.2, 0.25) is 0 Å². The Bertz CT molecular complexity index is 1300. The van der Waals surface area contributed by atoms with Crippen molar-refractivity contribution in [2.24, 2.45) is 13.0 Å². The maximum atomic E-state index is 13.2. The van der Waals surface area contributed by atoms with Gasteiger partial charge in [-0.1, -0.05) is 26.0 Å². The average molecular weight is 483 g/mol. The normalized spacial score (nSPS) is 18.9. The fourth-order valence-corrected chi connectivity index (χ4v) is 5.40. The highest BCUT2D eigenvalue weighted by atomic mass is 32.2. The second-order valence-electron chi connectivity index (χ2n) is 9.93. The molecule has 2 aromatic heterocycles. The molecule has 0 spiro atoms. The van der Waals surface area contributed by atoms with Crippen molar-refractivity contribution < 1.29 is 8.42 Å². The van der Waals surface area contributed by atoms with Crippen LogP contribution in [0.4, 0.5) is 5.69 Å². The van der Waals surface area contributed by atoms with E-state index in [4.69, 9.17) is 0 Å². The summed E-state index contributed by atoms with van der Waals surface area (Å²) < 4.78 is 27.0. The predicted octanol–water partition coefficient (Wildman–Crippen LogP) is 4.45. The predicted molar refractivity (Wildman–Crippen MR) is 136 cm³/mol. The summed E-state index contributed by atoms with van der Waals surface area (Å²) in [4.78, 5) is 13.6. The molecule has 0 aliphatic heterocycles. The summed E-state index contributed by atoms with van der Waals surface area (Å²) in [5.74, 6) is 0.769. The topological polar surface area (TPSA) is 86.0 Å². The highest BCUT2D eigenvalue weighted by Gasteiger charge is 2.24. The molecule has 1 fully saturated rings. The maximum Gasteiger partial charge on any atom is 0.273 e. The van der Waals surface area contributed by atoms with Crippen molar-refractivity contribution in [3.8, 4) is 11.1 Å². The van der Waals surface area contributed by atoms with Crippen LogP contribution in [-0.2, 0) is 23.4 Å². The van der Waals surface area contributed by atoms with Crippen molar-refractivity contribution >= 4 is 15.5 Å². The number of aromatic nitrogens is 3. The molecule has 0 bridgehead atoms. The van der Waals surface area contributed by atoms with Gasteiger partial charge < -0.3 is 9.88 Å². The molecule has 0 amide bonds. The zero-order valence-corrected chi connectivity index (χ0v) is 21.2. The van der Waals surface area contributed by atoms with Gasteiger partial charge in [0.25, 0.3) is 5.56 Å². The fraction of sp³-hybridized carbons (Fsp3) is 0.462. The van der Waals surface area contributed by atoms with E-state index in [0.29, 0.717) is 29.0 Å². The Hall–Kier alpha value is -2.87. The second-order valence-corrected chi connectivity index (χ2v) is 11.9. The second kappa shape index (κ2) is 9.78. The van der Waals surface area contributed by atoms with E-state index in [2.05, 4.69) is 24.3 Å². The van der Waals surface area contributed by atoms with Gasteiger partial charge in [0.15, 0.2) is 9.84 Å². The maximum absolute atomic E-state index is 13.2. The lowest BCUT2D eigenvalue weighted by molar-refractivity contribution is 0.411. The third-order valence-corrected chi connectivity index (χ3v) is 7.68. The molecule has 0 unspecified atom stereocenters. The Balaban J connectivity index is 1.49. The van der Waals surface area contributed by atoms with E-state index in [-0.39, 0.29) is 11.6 Å². The molecule has 8 heteroatoms. The standard InChI is InChI=1S/C26H34N4O3S/c1-18(2)15-30-17-21(22-14-27-29(3)16-22)13-25(26(30)31)28-23-9-5-19(6-10-23)20-7-11-24(12-8-20)34(4,32)33/h7-8,11-14,16-19,23,28H,5-6,9-10,15H2,1-4H3/t19-,23+. The van der Waals surface area contributed by atoms with Gasteiger partial charge in [-0.05, 0) is 61.3 Å². The van der Waals surface area contributed by atoms with Crippen molar-refractivity contribution in [1.82, 2.24) is 14.3 Å². The summed E-state index contributed by atoms with van der Waals surface area (Å²) in [5.41, 5.74) is 3.81. The Labute approximate surface area is 201 Å². The molecule has 0 radical (unpaired) electrons. The summed E-state index contributed by atoms with van der Waals surface area (Å²) in [5, 5.41) is 7.82. The minimum atomic E-state index is -3.18. The molecule has 1 aliphatic rings. The van der Waals surface area contributed by atoms with Gasteiger partial charge in [-0.3, -0.25) is 9.48 Å². The molecule has 34 heavy (non-hydrogen) atoms. The molecule has 3 aromatic rings. The molecule has 0 atom stereocenters. The number of aryl methyl sites for hydroxylation is 1. The molecule has 7 nitrogen and oxygen atoms in total. The van der Waals surface area contributed by atoms with Gasteiger partial charge in [-0.2, -0.15) is 5.10 Å². The van der Waals surface area contributed by atoms with Crippen molar-refractivity contribution in [2.45, 2.75) is 62.9 Å². The van der Waals surface area contributed by atoms with Crippen LogP contribution in [0.1, 0.15) is 51.0 Å². The number of sulfone groups is 1. The largest absolute Gasteiger partial charge is 0.378 e. The van der Waals surface area contributed by atoms with Gasteiger partial charge in [-0.25, -0.2) is 8.42 Å². The van der Waals surface area contributed by atoms with Crippen LogP contribution in [-0.4, -0.2) is 35.1 Å². The first-order valence-electron chi connectivity index (χ1n) is 11.9. The number of hydrogen-bond donors (Lipinski definition) is 1. The zero-order valence-electron chi connectivity index (χ0n) is 20.4. The lowest BCUT2D eigenvalue weighted by Gasteiger charge is -2.30. The smallest absolute Gasteiger partial charge is 0.273 e. The quantitative estimate of drug-likeness (QED) is 0.538. The first-order valence-corrected chi connectivity index (χ1v) is 13.8. The summed E-state index contributed by atoms with van der Waals surface area (Å²) in [6, 6.07) is 9.47. The number of benzene rings is 1. The monoisotopic (exact) mass is 482 g/mol. The lowest BCUT2D eigenvalue weighted by atomic mass is 9.81. The van der Waals surface area contributed by atoms with E-state index in [1.165, 1.54) is 11.8 Å². The number of nitrogens with one attached hydrogen (secondary N) is 1. The van der Waals surface area contributed by atoms with Crippen LogP contribution >= 0.6 is 0 Å². The summed E-state index contributed by atoms with van der Waals surface area (Å²) in [7, 11) is -1.29. The first kappa shape index (κ1) is 24.3. The Morgan fingerprint density at radius 1 is 1.06 bits per heavy atom. The highest BCUT2D eigenvalue weighted by Crippen LogP contribution is 2.34. The molecule has 2 heterocycles. The minimum absolute atomic E-state index is 0.0137. The van der Waals surface area contributed by atoms with Gasteiger partial charge in [-0.15, -0.1) is 0 Å². The molecule has 182 valence electrons. The highest BCUT2D eigenvalue weighted by molar-refractivity contribution is 7.90. The van der Waals surface area contributed by atoms with Gasteiger partial charge >= 0.3 is 0 Å². The van der Waals surface area contributed by atoms with E-state index in [9.17, 15) is 13.2 Å². The van der Waals surface area contributed by atoms with E-state index in [1.54, 1.807) is 16.8 Å². The van der Waals surface area contributed by atoms with Crippen molar-refractivity contribution in [1.29, 1.82) is 0 Å². The van der Waals surface area contributed by atoms with Crippen LogP contribution in [0.15, 0.2) is 58.6 Å². The van der Waals surface area contributed by atoms with Crippen molar-refractivity contribution in [3.63, 3.8) is 0 Å². The number of anilines is 1. The van der Waals surface area contributed by atoms with Crippen LogP contribution in [0, 0.1) is 5.92 Å². The van der Waals surface area contributed by atoms with Crippen LogP contribution in [0.3, 0.4) is 0 Å². The SMILES string of the molecule is CC(C)Cn1cc(-c2cnn(C)c2)cc(N[C@H]2CC[C@@H](c3ccc(S(C)(=O)=O)cc3)CC2)c1=O. The van der Waals surface area contributed by atoms with E-state index in [0.717, 1.165) is 36.8 Å². The molecule has 1 N–H and O–H groups in total.